The van der Waals surface area contributed by atoms with E-state index >= 15 is 0 Å². The topological polar surface area (TPSA) is 24.8 Å². The first-order valence-electron chi connectivity index (χ1n) is 5.43. The SMILES string of the molecule is Cc1ccc(C2=NN(C)COC2C(F)(F)F)cc1. The van der Waals surface area contributed by atoms with E-state index < -0.39 is 12.3 Å². The summed E-state index contributed by atoms with van der Waals surface area (Å²) in [6.45, 7) is 1.70. The smallest absolute Gasteiger partial charge is 0.340 e. The molecule has 1 aliphatic rings. The molecule has 0 fully saturated rings. The molecule has 1 aromatic rings. The molecule has 18 heavy (non-hydrogen) atoms. The van der Waals surface area contributed by atoms with Gasteiger partial charge in [0.2, 0.25) is 0 Å². The van der Waals surface area contributed by atoms with E-state index in [1.807, 2.05) is 6.92 Å². The third-order valence-electron chi connectivity index (χ3n) is 2.60. The van der Waals surface area contributed by atoms with Crippen molar-refractivity contribution in [1.82, 2.24) is 5.01 Å². The van der Waals surface area contributed by atoms with Crippen LogP contribution < -0.4 is 0 Å². The van der Waals surface area contributed by atoms with Crippen molar-refractivity contribution in [2.24, 2.45) is 5.10 Å². The Morgan fingerprint density at radius 2 is 1.89 bits per heavy atom. The highest BCUT2D eigenvalue weighted by Gasteiger charge is 2.46. The van der Waals surface area contributed by atoms with Crippen molar-refractivity contribution in [3.05, 3.63) is 35.4 Å². The summed E-state index contributed by atoms with van der Waals surface area (Å²) in [6.07, 6.45) is -6.42. The number of rotatable bonds is 1. The lowest BCUT2D eigenvalue weighted by Crippen LogP contribution is -2.45. The van der Waals surface area contributed by atoms with Crippen molar-refractivity contribution in [2.45, 2.75) is 19.2 Å². The quantitative estimate of drug-likeness (QED) is 0.773. The number of alkyl halides is 3. The molecule has 0 aromatic heterocycles. The van der Waals surface area contributed by atoms with E-state index in [1.54, 1.807) is 31.3 Å². The number of aryl methyl sites for hydroxylation is 1. The van der Waals surface area contributed by atoms with E-state index in [1.165, 1.54) is 5.01 Å². The molecule has 1 heterocycles. The maximum Gasteiger partial charge on any atom is 0.420 e. The van der Waals surface area contributed by atoms with E-state index in [2.05, 4.69) is 5.10 Å². The largest absolute Gasteiger partial charge is 0.420 e. The Morgan fingerprint density at radius 1 is 1.28 bits per heavy atom. The van der Waals surface area contributed by atoms with Crippen LogP contribution in [0.1, 0.15) is 11.1 Å². The molecular formula is C12H13F3N2O. The summed E-state index contributed by atoms with van der Waals surface area (Å²) in [5.41, 5.74) is 1.30. The highest BCUT2D eigenvalue weighted by molar-refractivity contribution is 6.04. The second-order valence-electron chi connectivity index (χ2n) is 4.23. The van der Waals surface area contributed by atoms with Crippen LogP contribution in [0, 0.1) is 6.92 Å². The molecule has 3 nitrogen and oxygen atoms in total. The first-order valence-corrected chi connectivity index (χ1v) is 5.43. The Kier molecular flexibility index (Phi) is 3.30. The molecule has 0 N–H and O–H groups in total. The molecule has 1 unspecified atom stereocenters. The Hall–Kier alpha value is -1.56. The van der Waals surface area contributed by atoms with Gasteiger partial charge in [-0.25, -0.2) is 0 Å². The van der Waals surface area contributed by atoms with Crippen LogP contribution in [-0.2, 0) is 4.74 Å². The molecule has 0 saturated heterocycles. The van der Waals surface area contributed by atoms with Gasteiger partial charge in [0.15, 0.2) is 6.10 Å². The lowest BCUT2D eigenvalue weighted by molar-refractivity contribution is -0.210. The van der Waals surface area contributed by atoms with Crippen LogP contribution in [0.5, 0.6) is 0 Å². The number of ether oxygens (including phenoxy) is 1. The molecule has 1 aromatic carbocycles. The van der Waals surface area contributed by atoms with Crippen LogP contribution >= 0.6 is 0 Å². The van der Waals surface area contributed by atoms with E-state index in [-0.39, 0.29) is 12.4 Å². The zero-order chi connectivity index (χ0) is 13.3. The summed E-state index contributed by atoms with van der Waals surface area (Å²) in [4.78, 5) is 0. The fraction of sp³-hybridized carbons (Fsp3) is 0.417. The number of halogens is 3. The van der Waals surface area contributed by atoms with Crippen molar-refractivity contribution in [1.29, 1.82) is 0 Å². The van der Waals surface area contributed by atoms with Gasteiger partial charge in [0.05, 0.1) is 0 Å². The lowest BCUT2D eigenvalue weighted by atomic mass is 10.0. The van der Waals surface area contributed by atoms with E-state index in [0.29, 0.717) is 5.56 Å². The van der Waals surface area contributed by atoms with Crippen LogP contribution in [-0.4, -0.2) is 36.8 Å². The molecule has 0 spiro atoms. The van der Waals surface area contributed by atoms with Crippen molar-refractivity contribution in [3.8, 4) is 0 Å². The molecule has 98 valence electrons. The highest BCUT2D eigenvalue weighted by Crippen LogP contribution is 2.28. The van der Waals surface area contributed by atoms with Gasteiger partial charge in [-0.3, -0.25) is 5.01 Å². The summed E-state index contributed by atoms with van der Waals surface area (Å²) >= 11 is 0. The third-order valence-corrected chi connectivity index (χ3v) is 2.60. The summed E-state index contributed by atoms with van der Waals surface area (Å²) in [6, 6.07) is 6.74. The number of nitrogens with zero attached hydrogens (tertiary/aromatic N) is 2. The maximum atomic E-state index is 12.9. The lowest BCUT2D eigenvalue weighted by Gasteiger charge is -2.30. The molecular weight excluding hydrogens is 245 g/mol. The van der Waals surface area contributed by atoms with E-state index in [4.69, 9.17) is 4.74 Å². The fourth-order valence-electron chi connectivity index (χ4n) is 1.71. The van der Waals surface area contributed by atoms with E-state index in [0.717, 1.165) is 5.56 Å². The molecule has 0 aliphatic carbocycles. The summed E-state index contributed by atoms with van der Waals surface area (Å²) in [5, 5.41) is 5.28. The van der Waals surface area contributed by atoms with Crippen molar-refractivity contribution in [3.63, 3.8) is 0 Å². The van der Waals surface area contributed by atoms with Crippen LogP contribution in [0.2, 0.25) is 0 Å². The number of hydrogen-bond acceptors (Lipinski definition) is 3. The predicted molar refractivity (Wildman–Crippen MR) is 61.3 cm³/mol. The van der Waals surface area contributed by atoms with Gasteiger partial charge in [0.25, 0.3) is 0 Å². The van der Waals surface area contributed by atoms with Gasteiger partial charge in [-0.05, 0) is 6.92 Å². The zero-order valence-corrected chi connectivity index (χ0v) is 10.0. The Bertz CT molecular complexity index is 453. The molecule has 0 saturated carbocycles. The van der Waals surface area contributed by atoms with Crippen molar-refractivity contribution < 1.29 is 17.9 Å². The van der Waals surface area contributed by atoms with Gasteiger partial charge in [-0.2, -0.15) is 18.3 Å². The molecule has 0 radical (unpaired) electrons. The summed E-state index contributed by atoms with van der Waals surface area (Å²) < 4.78 is 43.4. The second kappa shape index (κ2) is 4.61. The minimum atomic E-state index is -4.45. The van der Waals surface area contributed by atoms with Gasteiger partial charge >= 0.3 is 6.18 Å². The van der Waals surface area contributed by atoms with Crippen molar-refractivity contribution in [2.75, 3.05) is 13.8 Å². The number of hydrazone groups is 1. The summed E-state index contributed by atoms with van der Waals surface area (Å²) in [5.74, 6) is 0. The normalized spacial score (nSPS) is 20.8. The second-order valence-corrected chi connectivity index (χ2v) is 4.23. The predicted octanol–water partition coefficient (Wildman–Crippen LogP) is 2.55. The molecule has 0 bridgehead atoms. The maximum absolute atomic E-state index is 12.9. The van der Waals surface area contributed by atoms with Gasteiger partial charge in [-0.1, -0.05) is 29.8 Å². The standard InChI is InChI=1S/C12H13F3N2O/c1-8-3-5-9(6-4-8)10-11(12(13,14)15)18-7-17(2)16-10/h3-6,11H,7H2,1-2H3. The molecule has 0 amide bonds. The van der Waals surface area contributed by atoms with Gasteiger partial charge < -0.3 is 4.74 Å². The molecule has 6 heteroatoms. The minimum Gasteiger partial charge on any atom is -0.340 e. The molecule has 1 atom stereocenters. The average Bonchev–Trinajstić information content (AvgIpc) is 2.28. The molecule has 1 aliphatic heterocycles. The number of hydrogen-bond donors (Lipinski definition) is 0. The first kappa shape index (κ1) is 12.9. The van der Waals surface area contributed by atoms with Crippen LogP contribution in [0.15, 0.2) is 29.4 Å². The fourth-order valence-corrected chi connectivity index (χ4v) is 1.71. The third kappa shape index (κ3) is 2.64. The van der Waals surface area contributed by atoms with Crippen LogP contribution in [0.25, 0.3) is 0 Å². The Labute approximate surface area is 103 Å². The first-order chi connectivity index (χ1) is 8.38. The monoisotopic (exact) mass is 258 g/mol. The van der Waals surface area contributed by atoms with Crippen LogP contribution in [0.4, 0.5) is 13.2 Å². The van der Waals surface area contributed by atoms with Gasteiger partial charge in [0, 0.05) is 12.6 Å². The highest BCUT2D eigenvalue weighted by atomic mass is 19.4. The Morgan fingerprint density at radius 3 is 2.44 bits per heavy atom. The Balaban J connectivity index is 2.40. The van der Waals surface area contributed by atoms with Gasteiger partial charge in [-0.15, -0.1) is 0 Å². The van der Waals surface area contributed by atoms with E-state index in [9.17, 15) is 13.2 Å². The molecule has 2 rings (SSSR count). The van der Waals surface area contributed by atoms with Gasteiger partial charge in [0.1, 0.15) is 12.4 Å². The van der Waals surface area contributed by atoms with Crippen LogP contribution in [0.3, 0.4) is 0 Å². The van der Waals surface area contributed by atoms with Crippen molar-refractivity contribution >= 4 is 5.71 Å². The number of benzene rings is 1. The minimum absolute atomic E-state index is 0.101. The zero-order valence-electron chi connectivity index (χ0n) is 10.0. The summed E-state index contributed by atoms with van der Waals surface area (Å²) in [7, 11) is 1.57. The average molecular weight is 258 g/mol.